The Morgan fingerprint density at radius 1 is 1.20 bits per heavy atom. The fraction of sp³-hybridized carbons (Fsp3) is 0.560. The third kappa shape index (κ3) is 6.71. The van der Waals surface area contributed by atoms with Crippen LogP contribution < -0.4 is 0 Å². The molecule has 1 unspecified atom stereocenters. The second kappa shape index (κ2) is 13.1. The fourth-order valence-corrected chi connectivity index (χ4v) is 5.40. The van der Waals surface area contributed by atoms with Crippen LogP contribution in [0.2, 0.25) is 0 Å². The minimum absolute atomic E-state index is 0. The summed E-state index contributed by atoms with van der Waals surface area (Å²) in [5, 5.41) is 33.9. The molecule has 1 fully saturated rings. The van der Waals surface area contributed by atoms with Crippen LogP contribution in [0, 0.1) is 28.5 Å². The molecule has 1 aliphatic rings. The van der Waals surface area contributed by atoms with E-state index in [1.807, 2.05) is 30.3 Å². The third-order valence-corrected chi connectivity index (χ3v) is 7.19. The number of rotatable bonds is 10. The first-order chi connectivity index (χ1) is 14.1. The number of thiophene rings is 1. The molecule has 0 amide bonds. The van der Waals surface area contributed by atoms with Crippen molar-refractivity contribution in [2.24, 2.45) is 11.8 Å². The van der Waals surface area contributed by atoms with E-state index in [2.05, 4.69) is 24.4 Å². The van der Waals surface area contributed by atoms with Gasteiger partial charge in [-0.2, -0.15) is 11.3 Å². The second-order valence-electron chi connectivity index (χ2n) is 8.32. The van der Waals surface area contributed by atoms with Crippen molar-refractivity contribution in [3.63, 3.8) is 0 Å². The third-order valence-electron chi connectivity index (χ3n) is 6.33. The summed E-state index contributed by atoms with van der Waals surface area (Å²) >= 11 is 1.66. The number of benzene rings is 1. The van der Waals surface area contributed by atoms with Gasteiger partial charge in [-0.1, -0.05) is 63.3 Å². The van der Waals surface area contributed by atoms with Crippen LogP contribution in [-0.2, 0) is 39.1 Å². The smallest absolute Gasteiger partial charge is 0.0790 e. The van der Waals surface area contributed by atoms with Crippen molar-refractivity contribution in [2.75, 3.05) is 0 Å². The van der Waals surface area contributed by atoms with E-state index in [1.54, 1.807) is 11.3 Å². The summed E-state index contributed by atoms with van der Waals surface area (Å²) in [6.45, 7) is 2.16. The Hall–Kier alpha value is -0.566. The van der Waals surface area contributed by atoms with Crippen molar-refractivity contribution < 1.29 is 42.9 Å². The molecule has 2 N–H and O–H groups in total. The molecular formula is C25H32NO2SY-. The van der Waals surface area contributed by atoms with Gasteiger partial charge in [0.15, 0.2) is 0 Å². The molecule has 2 aromatic rings. The molecule has 0 spiro atoms. The number of nitrogens with zero attached hydrogens (tertiary/aromatic N) is 1. The van der Waals surface area contributed by atoms with Crippen LogP contribution in [0.1, 0.15) is 79.9 Å². The Kier molecular flexibility index (Phi) is 11.2. The molecule has 159 valence electrons. The Bertz CT molecular complexity index is 771. The zero-order valence-electron chi connectivity index (χ0n) is 17.8. The van der Waals surface area contributed by atoms with Crippen molar-refractivity contribution >= 4 is 11.3 Å². The molecule has 1 heterocycles. The van der Waals surface area contributed by atoms with E-state index in [0.717, 1.165) is 56.1 Å². The van der Waals surface area contributed by atoms with Crippen LogP contribution in [0.4, 0.5) is 0 Å². The first kappa shape index (κ1) is 25.7. The van der Waals surface area contributed by atoms with E-state index >= 15 is 0 Å². The average Bonchev–Trinajstić information content (AvgIpc) is 3.36. The topological polar surface area (TPSA) is 64.2 Å². The van der Waals surface area contributed by atoms with E-state index in [0.29, 0.717) is 6.42 Å². The molecule has 1 saturated carbocycles. The van der Waals surface area contributed by atoms with Gasteiger partial charge < -0.3 is 21.5 Å². The van der Waals surface area contributed by atoms with Gasteiger partial charge in [-0.15, -0.1) is 10.3 Å². The van der Waals surface area contributed by atoms with Crippen molar-refractivity contribution in [3.05, 3.63) is 57.8 Å². The molecular weight excluding hydrogens is 467 g/mol. The molecule has 1 radical (unpaired) electrons. The van der Waals surface area contributed by atoms with Gasteiger partial charge in [-0.05, 0) is 36.3 Å². The van der Waals surface area contributed by atoms with Crippen molar-refractivity contribution in [2.45, 2.75) is 76.4 Å². The monoisotopic (exact) mass is 499 g/mol. The number of aryl methyl sites for hydroxylation is 1. The van der Waals surface area contributed by atoms with Crippen LogP contribution >= 0.6 is 11.3 Å². The van der Waals surface area contributed by atoms with Gasteiger partial charge in [0.25, 0.3) is 0 Å². The molecule has 3 rings (SSSR count). The Labute approximate surface area is 210 Å². The van der Waals surface area contributed by atoms with Gasteiger partial charge in [0.2, 0.25) is 0 Å². The average molecular weight is 500 g/mol. The van der Waals surface area contributed by atoms with Gasteiger partial charge in [-0.3, -0.25) is 0 Å². The molecule has 3 nitrogen and oxygen atoms in total. The van der Waals surface area contributed by atoms with Gasteiger partial charge in [0.05, 0.1) is 24.2 Å². The normalized spacial score (nSPS) is 24.2. The molecule has 30 heavy (non-hydrogen) atoms. The summed E-state index contributed by atoms with van der Waals surface area (Å²) in [4.78, 5) is 1.33. The Morgan fingerprint density at radius 3 is 2.60 bits per heavy atom. The van der Waals surface area contributed by atoms with Gasteiger partial charge >= 0.3 is 0 Å². The molecule has 1 aromatic heterocycles. The van der Waals surface area contributed by atoms with Crippen LogP contribution in [0.25, 0.3) is 0 Å². The zero-order valence-corrected chi connectivity index (χ0v) is 21.5. The SMILES string of the molecule is CCCCCC(O)c1ccc([C@@H]2[C@@H](CCCc3cc[c-]s3)[C@H](C#N)C[C@H]2O)cc1.[Y]. The maximum Gasteiger partial charge on any atom is 0.0790 e. The number of hydrogen-bond acceptors (Lipinski definition) is 4. The van der Waals surface area contributed by atoms with E-state index in [9.17, 15) is 15.5 Å². The number of nitriles is 1. The molecule has 5 heteroatoms. The standard InChI is InChI=1S/C25H32NO2S.Y/c1-2-3-4-10-23(27)18-11-13-19(14-12-18)25-22(20(17-26)16-24(25)28)9-5-7-21-8-6-15-29-21;/h6,8,11-14,20,22-25,27-28H,2-5,7,9-10,16H2,1H3;/q-1;/t20-,22-,23?,24+,25+;/m0./s1. The van der Waals surface area contributed by atoms with Crippen molar-refractivity contribution in [3.8, 4) is 6.07 Å². The first-order valence-electron chi connectivity index (χ1n) is 10.9. The summed E-state index contributed by atoms with van der Waals surface area (Å²) in [6, 6.07) is 14.6. The van der Waals surface area contributed by atoms with E-state index in [-0.39, 0.29) is 50.5 Å². The van der Waals surface area contributed by atoms with Crippen LogP contribution in [0.15, 0.2) is 36.4 Å². The maximum atomic E-state index is 10.7. The number of aliphatic hydroxyl groups is 2. The molecule has 0 saturated heterocycles. The number of hydrogen-bond donors (Lipinski definition) is 2. The molecule has 0 aliphatic heterocycles. The van der Waals surface area contributed by atoms with Crippen LogP contribution in [0.3, 0.4) is 0 Å². The number of aliphatic hydroxyl groups excluding tert-OH is 2. The van der Waals surface area contributed by atoms with Gasteiger partial charge in [0.1, 0.15) is 0 Å². The summed E-state index contributed by atoms with van der Waals surface area (Å²) in [7, 11) is 0. The second-order valence-corrected chi connectivity index (χ2v) is 9.28. The van der Waals surface area contributed by atoms with Crippen LogP contribution in [0.5, 0.6) is 0 Å². The van der Waals surface area contributed by atoms with Crippen LogP contribution in [-0.4, -0.2) is 16.3 Å². The summed E-state index contributed by atoms with van der Waals surface area (Å²) in [6.07, 6.45) is 6.76. The van der Waals surface area contributed by atoms with E-state index in [1.165, 1.54) is 4.88 Å². The predicted octanol–water partition coefficient (Wildman–Crippen LogP) is 5.79. The van der Waals surface area contributed by atoms with Gasteiger partial charge in [0, 0.05) is 38.6 Å². The zero-order chi connectivity index (χ0) is 20.6. The minimum atomic E-state index is -0.472. The Balaban J connectivity index is 0.00000320. The molecule has 0 bridgehead atoms. The van der Waals surface area contributed by atoms with E-state index in [4.69, 9.17) is 0 Å². The quantitative estimate of drug-likeness (QED) is 0.322. The summed E-state index contributed by atoms with van der Waals surface area (Å²) in [5.74, 6) is 0.0873. The van der Waals surface area contributed by atoms with E-state index < -0.39 is 12.2 Å². The first-order valence-corrected chi connectivity index (χ1v) is 11.8. The molecule has 1 aliphatic carbocycles. The fourth-order valence-electron chi connectivity index (χ4n) is 4.73. The van der Waals surface area contributed by atoms with Crippen molar-refractivity contribution in [1.29, 1.82) is 5.26 Å². The Morgan fingerprint density at radius 2 is 1.97 bits per heavy atom. The predicted molar refractivity (Wildman–Crippen MR) is 118 cm³/mol. The van der Waals surface area contributed by atoms with Gasteiger partial charge in [-0.25, -0.2) is 6.07 Å². The summed E-state index contributed by atoms with van der Waals surface area (Å²) in [5.41, 5.74) is 2.04. The largest absolute Gasteiger partial charge is 0.392 e. The maximum absolute atomic E-state index is 10.7. The summed E-state index contributed by atoms with van der Waals surface area (Å²) < 4.78 is 0. The van der Waals surface area contributed by atoms with Crippen molar-refractivity contribution in [1.82, 2.24) is 0 Å². The number of unbranched alkanes of at least 4 members (excludes halogenated alkanes) is 2. The minimum Gasteiger partial charge on any atom is -0.392 e. The molecule has 1 aromatic carbocycles. The molecule has 5 atom stereocenters.